The first-order valence-electron chi connectivity index (χ1n) is 9.45. The largest absolute Gasteiger partial charge is 0.336 e. The Kier molecular flexibility index (Phi) is 7.36. The first-order chi connectivity index (χ1) is 13.0. The molecule has 3 nitrogen and oxygen atoms in total. The molecule has 0 fully saturated rings. The van der Waals surface area contributed by atoms with E-state index in [2.05, 4.69) is 15.9 Å². The van der Waals surface area contributed by atoms with Crippen molar-refractivity contribution in [3.05, 3.63) is 68.8 Å². The number of halogens is 1. The van der Waals surface area contributed by atoms with E-state index in [1.165, 1.54) is 0 Å². The topological polar surface area (TPSA) is 54.4 Å². The van der Waals surface area contributed by atoms with Gasteiger partial charge in [-0.15, -0.1) is 0 Å². The third-order valence-corrected chi connectivity index (χ3v) is 8.38. The van der Waals surface area contributed by atoms with Gasteiger partial charge in [-0.25, -0.2) is 14.5 Å². The average Bonchev–Trinajstić information content (AvgIpc) is 2.57. The van der Waals surface area contributed by atoms with E-state index < -0.39 is 18.5 Å². The number of hydrogen-bond donors (Lipinski definition) is 1. The Labute approximate surface area is 177 Å². The molecule has 0 atom stereocenters. The number of rotatable bonds is 7. The van der Waals surface area contributed by atoms with Gasteiger partial charge in [0.05, 0.1) is 11.1 Å². The fourth-order valence-electron chi connectivity index (χ4n) is 3.99. The number of benzene rings is 2. The highest BCUT2D eigenvalue weighted by atomic mass is 79.9. The zero-order valence-electron chi connectivity index (χ0n) is 17.5. The minimum Gasteiger partial charge on any atom is -0.244 e. The molecule has 0 saturated carbocycles. The molecule has 5 heteroatoms. The lowest BCUT2D eigenvalue weighted by Crippen LogP contribution is -2.22. The van der Waals surface area contributed by atoms with Crippen LogP contribution in [0.3, 0.4) is 0 Å². The van der Waals surface area contributed by atoms with Crippen molar-refractivity contribution >= 4 is 34.5 Å². The third kappa shape index (κ3) is 4.45. The van der Waals surface area contributed by atoms with E-state index in [0.29, 0.717) is 22.9 Å². The van der Waals surface area contributed by atoms with Crippen LogP contribution in [-0.2, 0) is 0 Å². The highest BCUT2D eigenvalue weighted by molar-refractivity contribution is 9.09. The minimum atomic E-state index is -3.56. The summed E-state index contributed by atoms with van der Waals surface area (Å²) >= 11 is 3.37. The number of carbonyl (C=O) groups excluding carboxylic acids is 2. The van der Waals surface area contributed by atoms with Gasteiger partial charge in [-0.05, 0) is 70.2 Å². The molecule has 0 radical (unpaired) electrons. The molecule has 0 aliphatic rings. The van der Waals surface area contributed by atoms with Gasteiger partial charge in [-0.1, -0.05) is 51.3 Å². The number of alkyl halides is 1. The van der Waals surface area contributed by atoms with E-state index in [9.17, 15) is 14.5 Å². The molecule has 2 aromatic carbocycles. The number of aryl methyl sites for hydroxylation is 6. The Balaban J connectivity index is 2.65. The van der Waals surface area contributed by atoms with Gasteiger partial charge < -0.3 is 0 Å². The normalized spacial score (nSPS) is 11.6. The smallest absolute Gasteiger partial charge is 0.244 e. The van der Waals surface area contributed by atoms with Crippen molar-refractivity contribution in [3.63, 3.8) is 0 Å². The lowest BCUT2D eigenvalue weighted by atomic mass is 10.0. The van der Waals surface area contributed by atoms with Crippen molar-refractivity contribution in [3.8, 4) is 0 Å². The van der Waals surface area contributed by atoms with Crippen LogP contribution in [0.5, 0.6) is 0 Å². The van der Waals surface area contributed by atoms with Crippen molar-refractivity contribution in [2.24, 2.45) is 0 Å². The minimum absolute atomic E-state index is 0.190. The van der Waals surface area contributed by atoms with Crippen LogP contribution >= 0.6 is 23.4 Å². The Morgan fingerprint density at radius 1 is 0.786 bits per heavy atom. The summed E-state index contributed by atoms with van der Waals surface area (Å²) in [6.07, 6.45) is 0.755. The Hall–Kier alpha value is -1.35. The van der Waals surface area contributed by atoms with Gasteiger partial charge in [-0.2, -0.15) is 0 Å². The summed E-state index contributed by atoms with van der Waals surface area (Å²) in [6.45, 7) is 11.4. The molecule has 0 unspecified atom stereocenters. The van der Waals surface area contributed by atoms with Gasteiger partial charge in [0.1, 0.15) is 6.16 Å². The molecule has 0 heterocycles. The average molecular weight is 464 g/mol. The molecule has 2 aromatic rings. The van der Waals surface area contributed by atoms with Crippen LogP contribution in [0.4, 0.5) is 0 Å². The van der Waals surface area contributed by atoms with Crippen LogP contribution in [0.2, 0.25) is 0 Å². The zero-order chi connectivity index (χ0) is 21.2. The van der Waals surface area contributed by atoms with Crippen molar-refractivity contribution < 1.29 is 14.5 Å². The second-order valence-electron chi connectivity index (χ2n) is 7.69. The highest BCUT2D eigenvalue weighted by Gasteiger charge is 2.55. The lowest BCUT2D eigenvalue weighted by Gasteiger charge is -2.20. The van der Waals surface area contributed by atoms with E-state index in [0.717, 1.165) is 33.4 Å². The molecule has 0 amide bonds. The maximum absolute atomic E-state index is 13.6. The summed E-state index contributed by atoms with van der Waals surface area (Å²) in [6, 6.07) is 7.73. The summed E-state index contributed by atoms with van der Waals surface area (Å²) in [7, 11) is -3.56. The number of hydrogen-bond acceptors (Lipinski definition) is 3. The van der Waals surface area contributed by atoms with Crippen LogP contribution in [0.25, 0.3) is 0 Å². The maximum Gasteiger partial charge on any atom is 0.336 e. The molecule has 150 valence electrons. The zero-order valence-corrected chi connectivity index (χ0v) is 20.0. The van der Waals surface area contributed by atoms with Crippen LogP contribution < -0.4 is 0 Å². The van der Waals surface area contributed by atoms with Crippen LogP contribution in [0.1, 0.15) is 60.5 Å². The number of carbonyl (C=O) groups is 2. The second-order valence-corrected chi connectivity index (χ2v) is 11.3. The quantitative estimate of drug-likeness (QED) is 0.391. The van der Waals surface area contributed by atoms with Crippen LogP contribution in [0.15, 0.2) is 24.3 Å². The molecule has 0 saturated heterocycles. The molecule has 0 aliphatic heterocycles. The Morgan fingerprint density at radius 3 is 1.39 bits per heavy atom. The summed E-state index contributed by atoms with van der Waals surface area (Å²) in [5.41, 5.74) is 5.56. The van der Waals surface area contributed by atoms with E-state index in [4.69, 9.17) is 0 Å². The fraction of sp³-hybridized carbons (Fsp3) is 0.391. The van der Waals surface area contributed by atoms with Crippen LogP contribution in [-0.4, -0.2) is 27.4 Å². The van der Waals surface area contributed by atoms with Gasteiger partial charge >= 0.3 is 11.0 Å². The summed E-state index contributed by atoms with van der Waals surface area (Å²) in [5.74, 6) is 0. The fourth-order valence-corrected chi connectivity index (χ4v) is 7.35. The predicted molar refractivity (Wildman–Crippen MR) is 122 cm³/mol. The molecule has 2 rings (SSSR count). The van der Waals surface area contributed by atoms with Gasteiger partial charge in [-0.3, -0.25) is 0 Å². The monoisotopic (exact) mass is 463 g/mol. The van der Waals surface area contributed by atoms with Gasteiger partial charge in [0.2, 0.25) is 0 Å². The highest BCUT2D eigenvalue weighted by Crippen LogP contribution is 2.61. The molecule has 1 N–H and O–H groups in total. The molecule has 28 heavy (non-hydrogen) atoms. The van der Waals surface area contributed by atoms with Gasteiger partial charge in [0.25, 0.3) is 7.49 Å². The molecule has 0 bridgehead atoms. The molecular weight excluding hydrogens is 435 g/mol. The van der Waals surface area contributed by atoms with Crippen molar-refractivity contribution in [1.29, 1.82) is 0 Å². The SMILES string of the molecule is Cc1cc(C)c(C(=O)[P+](O)(CCCBr)C(=O)c2c(C)cc(C)cc2C)c(C)c1. The first kappa shape index (κ1) is 22.9. The summed E-state index contributed by atoms with van der Waals surface area (Å²) < 4.78 is 0. The predicted octanol–water partition coefficient (Wildman–Crippen LogP) is 6.23. The van der Waals surface area contributed by atoms with E-state index in [1.54, 1.807) is 0 Å². The Morgan fingerprint density at radius 2 is 1.11 bits per heavy atom. The standard InChI is InChI=1S/C23H29BrO3P/c1-14-10-16(3)20(17(4)11-14)22(25)28(27,9-7-8-24)23(26)21-18(5)12-15(2)13-19(21)6/h10-13,27H,7-9H2,1-6H3/q+1. The van der Waals surface area contributed by atoms with Crippen LogP contribution in [0, 0.1) is 41.5 Å². The van der Waals surface area contributed by atoms with E-state index in [-0.39, 0.29) is 6.16 Å². The maximum atomic E-state index is 13.6. The second kappa shape index (κ2) is 8.98. The van der Waals surface area contributed by atoms with Gasteiger partial charge in [0, 0.05) is 5.33 Å². The summed E-state index contributed by atoms with van der Waals surface area (Å²) in [5, 5.41) is 0.633. The van der Waals surface area contributed by atoms with Gasteiger partial charge in [0.15, 0.2) is 0 Å². The molecule has 0 spiro atoms. The third-order valence-electron chi connectivity index (χ3n) is 5.07. The Bertz CT molecular complexity index is 818. The van der Waals surface area contributed by atoms with E-state index >= 15 is 0 Å². The molecule has 0 aliphatic carbocycles. The van der Waals surface area contributed by atoms with Crippen molar-refractivity contribution in [2.45, 2.75) is 48.0 Å². The first-order valence-corrected chi connectivity index (χ1v) is 12.5. The van der Waals surface area contributed by atoms with Crippen molar-refractivity contribution in [2.75, 3.05) is 11.5 Å². The van der Waals surface area contributed by atoms with Crippen molar-refractivity contribution in [1.82, 2.24) is 0 Å². The lowest BCUT2D eigenvalue weighted by molar-refractivity contribution is 0.102. The molecular formula is C23H29BrO3P+. The molecule has 0 aromatic heterocycles. The summed E-state index contributed by atoms with van der Waals surface area (Å²) in [4.78, 5) is 38.8. The van der Waals surface area contributed by atoms with E-state index in [1.807, 2.05) is 65.8 Å².